The van der Waals surface area contributed by atoms with E-state index in [9.17, 15) is 39.0 Å². The monoisotopic (exact) mass is 522 g/mol. The summed E-state index contributed by atoms with van der Waals surface area (Å²) in [6.07, 6.45) is -1.36. The van der Waals surface area contributed by atoms with Crippen molar-refractivity contribution in [2.75, 3.05) is 0 Å². The normalized spacial score (nSPS) is 14.1. The first kappa shape index (κ1) is 31.0. The highest BCUT2D eigenvalue weighted by Crippen LogP contribution is 2.08. The van der Waals surface area contributed by atoms with Crippen LogP contribution in [0.4, 0.5) is 0 Å². The van der Waals surface area contributed by atoms with Gasteiger partial charge in [-0.25, -0.2) is 4.79 Å². The van der Waals surface area contributed by atoms with Gasteiger partial charge in [0.1, 0.15) is 18.1 Å². The lowest BCUT2D eigenvalue weighted by Crippen LogP contribution is -2.58. The maximum atomic E-state index is 13.1. The number of hydrogen-bond donors (Lipinski definition) is 7. The second-order valence-electron chi connectivity index (χ2n) is 8.98. The van der Waals surface area contributed by atoms with Crippen LogP contribution >= 0.6 is 0 Å². The minimum Gasteiger partial charge on any atom is -0.481 e. The summed E-state index contributed by atoms with van der Waals surface area (Å²) in [7, 11) is 0. The second kappa shape index (κ2) is 15.2. The zero-order valence-electron chi connectivity index (χ0n) is 20.7. The van der Waals surface area contributed by atoms with Crippen LogP contribution in [-0.4, -0.2) is 75.1 Å². The quantitative estimate of drug-likeness (QED) is 0.147. The van der Waals surface area contributed by atoms with E-state index in [1.54, 1.807) is 44.2 Å². The molecule has 0 aliphatic heterocycles. The Kier molecular flexibility index (Phi) is 12.7. The summed E-state index contributed by atoms with van der Waals surface area (Å²) in [6.45, 7) is 3.49. The number of nitrogens with one attached hydrogen (secondary N) is 3. The van der Waals surface area contributed by atoms with E-state index in [1.807, 2.05) is 0 Å². The van der Waals surface area contributed by atoms with E-state index in [2.05, 4.69) is 16.0 Å². The van der Waals surface area contributed by atoms with Crippen LogP contribution in [0.3, 0.4) is 0 Å². The van der Waals surface area contributed by atoms with E-state index >= 15 is 0 Å². The Hall–Kier alpha value is -4.00. The van der Waals surface area contributed by atoms with Crippen LogP contribution in [-0.2, 0) is 35.2 Å². The number of aliphatic carboxylic acids is 3. The number of carboxylic acid groups (broad SMARTS) is 3. The van der Waals surface area contributed by atoms with Gasteiger partial charge in [0.2, 0.25) is 17.7 Å². The van der Waals surface area contributed by atoms with Crippen LogP contribution in [0, 0.1) is 5.92 Å². The van der Waals surface area contributed by atoms with Gasteiger partial charge >= 0.3 is 17.9 Å². The van der Waals surface area contributed by atoms with E-state index < -0.39 is 66.2 Å². The maximum absolute atomic E-state index is 13.1. The highest BCUT2D eigenvalue weighted by atomic mass is 16.4. The van der Waals surface area contributed by atoms with E-state index in [0.29, 0.717) is 5.56 Å². The lowest BCUT2D eigenvalue weighted by Gasteiger charge is -2.25. The molecular weight excluding hydrogens is 488 g/mol. The molecule has 0 radical (unpaired) electrons. The summed E-state index contributed by atoms with van der Waals surface area (Å²) in [4.78, 5) is 72.1. The van der Waals surface area contributed by atoms with Crippen LogP contribution < -0.4 is 21.7 Å². The number of amides is 3. The van der Waals surface area contributed by atoms with Crippen molar-refractivity contribution in [3.63, 3.8) is 0 Å². The van der Waals surface area contributed by atoms with Crippen LogP contribution in [0.1, 0.15) is 45.1 Å². The van der Waals surface area contributed by atoms with Gasteiger partial charge in [0.15, 0.2) is 0 Å². The van der Waals surface area contributed by atoms with Crippen molar-refractivity contribution < 1.29 is 44.1 Å². The first-order chi connectivity index (χ1) is 17.3. The smallest absolute Gasteiger partial charge is 0.326 e. The number of nitrogens with two attached hydrogens (primary N) is 1. The summed E-state index contributed by atoms with van der Waals surface area (Å²) in [5.74, 6) is -6.69. The zero-order valence-corrected chi connectivity index (χ0v) is 20.7. The fraction of sp³-hybridized carbons (Fsp3) is 0.500. The van der Waals surface area contributed by atoms with Gasteiger partial charge in [-0.2, -0.15) is 0 Å². The van der Waals surface area contributed by atoms with Gasteiger partial charge in [0.05, 0.1) is 12.5 Å². The Morgan fingerprint density at radius 2 is 1.32 bits per heavy atom. The topological polar surface area (TPSA) is 225 Å². The van der Waals surface area contributed by atoms with Crippen molar-refractivity contribution in [1.82, 2.24) is 16.0 Å². The molecule has 0 saturated heterocycles. The number of carbonyl (C=O) groups is 6. The Labute approximate surface area is 213 Å². The standard InChI is InChI=1S/C24H34N4O9/c1-13(2)10-18(24(36)37)28-23(35)17(12-20(31)32)27-22(34)16(11-14-6-4-3-5-7-14)26-21(33)15(25)8-9-19(29)30/h3-7,13,15-18H,8-12,25H2,1-2H3,(H,26,33)(H,27,34)(H,28,35)(H,29,30)(H,31,32)(H,36,37). The van der Waals surface area contributed by atoms with E-state index in [1.165, 1.54) is 0 Å². The number of carboxylic acids is 3. The molecule has 0 spiro atoms. The predicted octanol–water partition coefficient (Wildman–Crippen LogP) is -0.519. The number of benzene rings is 1. The van der Waals surface area contributed by atoms with Crippen molar-refractivity contribution in [2.45, 2.75) is 70.1 Å². The SMILES string of the molecule is CC(C)CC(NC(=O)C(CC(=O)O)NC(=O)C(Cc1ccccc1)NC(=O)C(N)CCC(=O)O)C(=O)O. The summed E-state index contributed by atoms with van der Waals surface area (Å²) in [5, 5.41) is 34.4. The molecule has 0 fully saturated rings. The largest absolute Gasteiger partial charge is 0.481 e. The fourth-order valence-electron chi connectivity index (χ4n) is 3.37. The molecule has 3 amide bonds. The molecule has 1 aromatic rings. The molecule has 1 rings (SSSR count). The van der Waals surface area contributed by atoms with Gasteiger partial charge in [0, 0.05) is 12.8 Å². The number of hydrogen-bond acceptors (Lipinski definition) is 7. The maximum Gasteiger partial charge on any atom is 0.326 e. The number of carbonyl (C=O) groups excluding carboxylic acids is 3. The molecule has 4 atom stereocenters. The summed E-state index contributed by atoms with van der Waals surface area (Å²) in [6, 6.07) is 3.06. The lowest BCUT2D eigenvalue weighted by molar-refractivity contribution is -0.144. The van der Waals surface area contributed by atoms with Crippen LogP contribution in [0.2, 0.25) is 0 Å². The van der Waals surface area contributed by atoms with Gasteiger partial charge in [-0.3, -0.25) is 24.0 Å². The average Bonchev–Trinajstić information content (AvgIpc) is 2.80. The first-order valence-electron chi connectivity index (χ1n) is 11.7. The van der Waals surface area contributed by atoms with Gasteiger partial charge in [-0.05, 0) is 24.3 Å². The molecular formula is C24H34N4O9. The van der Waals surface area contributed by atoms with E-state index in [-0.39, 0.29) is 31.6 Å². The predicted molar refractivity (Wildman–Crippen MR) is 130 cm³/mol. The van der Waals surface area contributed by atoms with E-state index in [0.717, 1.165) is 0 Å². The molecule has 204 valence electrons. The Balaban J connectivity index is 3.10. The first-order valence-corrected chi connectivity index (χ1v) is 11.7. The molecule has 0 heterocycles. The van der Waals surface area contributed by atoms with Crippen LogP contribution in [0.5, 0.6) is 0 Å². The highest BCUT2D eigenvalue weighted by molar-refractivity contribution is 5.95. The third-order valence-corrected chi connectivity index (χ3v) is 5.26. The van der Waals surface area contributed by atoms with Gasteiger partial charge in [-0.15, -0.1) is 0 Å². The van der Waals surface area contributed by atoms with Crippen molar-refractivity contribution in [3.8, 4) is 0 Å². The second-order valence-corrected chi connectivity index (χ2v) is 8.98. The zero-order chi connectivity index (χ0) is 28.1. The summed E-state index contributed by atoms with van der Waals surface area (Å²) < 4.78 is 0. The Morgan fingerprint density at radius 1 is 0.784 bits per heavy atom. The molecule has 0 aromatic heterocycles. The van der Waals surface area contributed by atoms with Gasteiger partial charge < -0.3 is 37.0 Å². The van der Waals surface area contributed by atoms with E-state index in [4.69, 9.17) is 10.8 Å². The summed E-state index contributed by atoms with van der Waals surface area (Å²) in [5.41, 5.74) is 6.37. The van der Waals surface area contributed by atoms with Crippen molar-refractivity contribution >= 4 is 35.6 Å². The molecule has 4 unspecified atom stereocenters. The fourth-order valence-corrected chi connectivity index (χ4v) is 3.37. The Morgan fingerprint density at radius 3 is 1.84 bits per heavy atom. The molecule has 0 aliphatic carbocycles. The third-order valence-electron chi connectivity index (χ3n) is 5.26. The van der Waals surface area contributed by atoms with Crippen molar-refractivity contribution in [3.05, 3.63) is 35.9 Å². The molecule has 0 bridgehead atoms. The Bertz CT molecular complexity index is 968. The van der Waals surface area contributed by atoms with Crippen LogP contribution in [0.25, 0.3) is 0 Å². The summed E-state index contributed by atoms with van der Waals surface area (Å²) >= 11 is 0. The third kappa shape index (κ3) is 12.0. The number of rotatable bonds is 16. The van der Waals surface area contributed by atoms with Gasteiger partial charge in [0.25, 0.3) is 0 Å². The molecule has 13 nitrogen and oxygen atoms in total. The minimum atomic E-state index is -1.63. The highest BCUT2D eigenvalue weighted by Gasteiger charge is 2.32. The molecule has 0 saturated carbocycles. The molecule has 1 aromatic carbocycles. The molecule has 13 heteroatoms. The molecule has 8 N–H and O–H groups in total. The molecule has 0 aliphatic rings. The van der Waals surface area contributed by atoms with Crippen molar-refractivity contribution in [2.24, 2.45) is 11.7 Å². The lowest BCUT2D eigenvalue weighted by atomic mass is 10.0. The van der Waals surface area contributed by atoms with Gasteiger partial charge in [-0.1, -0.05) is 44.2 Å². The molecule has 37 heavy (non-hydrogen) atoms. The minimum absolute atomic E-state index is 0.0451. The average molecular weight is 523 g/mol. The van der Waals surface area contributed by atoms with Crippen LogP contribution in [0.15, 0.2) is 30.3 Å². The van der Waals surface area contributed by atoms with Crippen molar-refractivity contribution in [1.29, 1.82) is 0 Å².